The van der Waals surface area contributed by atoms with Gasteiger partial charge in [0, 0.05) is 31.1 Å². The molecule has 0 aliphatic carbocycles. The van der Waals surface area contributed by atoms with Gasteiger partial charge in [-0.2, -0.15) is 0 Å². The Morgan fingerprint density at radius 1 is 1.38 bits per heavy atom. The van der Waals surface area contributed by atoms with E-state index in [-0.39, 0.29) is 17.7 Å². The maximum atomic E-state index is 12.2. The average Bonchev–Trinajstić information content (AvgIpc) is 2.44. The van der Waals surface area contributed by atoms with Crippen molar-refractivity contribution in [2.45, 2.75) is 39.3 Å². The first kappa shape index (κ1) is 15.5. The van der Waals surface area contributed by atoms with E-state index in [4.69, 9.17) is 0 Å². The highest BCUT2D eigenvalue weighted by atomic mass is 16.2. The summed E-state index contributed by atoms with van der Waals surface area (Å²) in [5.41, 5.74) is 1.74. The highest BCUT2D eigenvalue weighted by Gasteiger charge is 2.24. The van der Waals surface area contributed by atoms with Gasteiger partial charge >= 0.3 is 0 Å². The largest absolute Gasteiger partial charge is 0.352 e. The molecule has 21 heavy (non-hydrogen) atoms. The van der Waals surface area contributed by atoms with E-state index in [0.29, 0.717) is 12.6 Å². The lowest BCUT2D eigenvalue weighted by Gasteiger charge is -2.27. The van der Waals surface area contributed by atoms with E-state index < -0.39 is 0 Å². The van der Waals surface area contributed by atoms with Crippen LogP contribution in [-0.4, -0.2) is 24.4 Å². The van der Waals surface area contributed by atoms with E-state index >= 15 is 0 Å². The van der Waals surface area contributed by atoms with Crippen molar-refractivity contribution >= 4 is 17.5 Å². The maximum Gasteiger partial charge on any atom is 0.223 e. The number of amides is 2. The van der Waals surface area contributed by atoms with Crippen LogP contribution in [-0.2, 0) is 16.1 Å². The number of hydrogen-bond donors (Lipinski definition) is 3. The molecule has 0 radical (unpaired) electrons. The Morgan fingerprint density at radius 3 is 2.90 bits per heavy atom. The van der Waals surface area contributed by atoms with E-state index in [1.165, 1.54) is 6.92 Å². The lowest BCUT2D eigenvalue weighted by molar-refractivity contribution is -0.126. The molecule has 5 heteroatoms. The summed E-state index contributed by atoms with van der Waals surface area (Å²) in [5.74, 6) is 0.118. The standard InChI is InChI=1S/C16H23N3O2/c1-11-8-14(6-7-17-11)16(21)18-10-13-4-3-5-15(9-13)19-12(2)20/h3-5,9,11,14,17H,6-8,10H2,1-2H3,(H,18,21)(H,19,20)/t11-,14-/m0/s1. The highest BCUT2D eigenvalue weighted by molar-refractivity contribution is 5.88. The first-order valence-electron chi connectivity index (χ1n) is 7.42. The molecule has 0 bridgehead atoms. The van der Waals surface area contributed by atoms with Gasteiger partial charge in [-0.15, -0.1) is 0 Å². The zero-order valence-corrected chi connectivity index (χ0v) is 12.6. The maximum absolute atomic E-state index is 12.2. The fourth-order valence-corrected chi connectivity index (χ4v) is 2.67. The summed E-state index contributed by atoms with van der Waals surface area (Å²) in [6.07, 6.45) is 1.78. The number of anilines is 1. The molecule has 0 aromatic heterocycles. The first-order valence-corrected chi connectivity index (χ1v) is 7.42. The van der Waals surface area contributed by atoms with Crippen LogP contribution in [0.25, 0.3) is 0 Å². The van der Waals surface area contributed by atoms with Gasteiger partial charge in [0.25, 0.3) is 0 Å². The molecular weight excluding hydrogens is 266 g/mol. The second kappa shape index (κ2) is 7.22. The van der Waals surface area contributed by atoms with Gasteiger partial charge in [-0.3, -0.25) is 9.59 Å². The zero-order chi connectivity index (χ0) is 15.2. The SMILES string of the molecule is CC(=O)Nc1cccc(CNC(=O)[C@H]2CCN[C@@H](C)C2)c1. The van der Waals surface area contributed by atoms with Crippen LogP contribution in [0.4, 0.5) is 5.69 Å². The molecule has 1 aromatic rings. The molecular formula is C16H23N3O2. The number of carbonyl (C=O) groups excluding carboxylic acids is 2. The molecule has 114 valence electrons. The second-order valence-corrected chi connectivity index (χ2v) is 5.68. The van der Waals surface area contributed by atoms with Crippen LogP contribution in [0.2, 0.25) is 0 Å². The van der Waals surface area contributed by atoms with Crippen molar-refractivity contribution in [3.8, 4) is 0 Å². The predicted molar refractivity (Wildman–Crippen MR) is 82.8 cm³/mol. The van der Waals surface area contributed by atoms with E-state index in [2.05, 4.69) is 22.9 Å². The molecule has 0 spiro atoms. The summed E-state index contributed by atoms with van der Waals surface area (Å²) >= 11 is 0. The van der Waals surface area contributed by atoms with Crippen molar-refractivity contribution in [2.75, 3.05) is 11.9 Å². The summed E-state index contributed by atoms with van der Waals surface area (Å²) < 4.78 is 0. The first-order chi connectivity index (χ1) is 10.0. The molecule has 1 fully saturated rings. The fourth-order valence-electron chi connectivity index (χ4n) is 2.67. The van der Waals surface area contributed by atoms with E-state index in [9.17, 15) is 9.59 Å². The summed E-state index contributed by atoms with van der Waals surface area (Å²) in [7, 11) is 0. The number of benzene rings is 1. The molecule has 1 saturated heterocycles. The Bertz CT molecular complexity index is 516. The third kappa shape index (κ3) is 4.86. The van der Waals surface area contributed by atoms with Crippen molar-refractivity contribution in [1.82, 2.24) is 10.6 Å². The smallest absolute Gasteiger partial charge is 0.223 e. The molecule has 0 unspecified atom stereocenters. The predicted octanol–water partition coefficient (Wildman–Crippen LogP) is 1.65. The molecule has 1 aromatic carbocycles. The number of carbonyl (C=O) groups is 2. The van der Waals surface area contributed by atoms with Crippen molar-refractivity contribution in [1.29, 1.82) is 0 Å². The normalized spacial score (nSPS) is 21.6. The lowest BCUT2D eigenvalue weighted by atomic mass is 9.92. The van der Waals surface area contributed by atoms with Gasteiger partial charge in [0.15, 0.2) is 0 Å². The molecule has 1 aliphatic heterocycles. The van der Waals surface area contributed by atoms with Crippen molar-refractivity contribution < 1.29 is 9.59 Å². The van der Waals surface area contributed by atoms with Gasteiger partial charge in [0.1, 0.15) is 0 Å². The van der Waals surface area contributed by atoms with Gasteiger partial charge in [0.05, 0.1) is 0 Å². The molecule has 2 rings (SSSR count). The third-order valence-electron chi connectivity index (χ3n) is 3.71. The van der Waals surface area contributed by atoms with Gasteiger partial charge in [-0.05, 0) is 44.0 Å². The minimum absolute atomic E-state index is 0.0970. The summed E-state index contributed by atoms with van der Waals surface area (Å²) in [6, 6.07) is 7.93. The van der Waals surface area contributed by atoms with Gasteiger partial charge < -0.3 is 16.0 Å². The van der Waals surface area contributed by atoms with Gasteiger partial charge in [-0.25, -0.2) is 0 Å². The van der Waals surface area contributed by atoms with Crippen LogP contribution in [0.15, 0.2) is 24.3 Å². The minimum atomic E-state index is -0.0973. The Labute approximate surface area is 125 Å². The van der Waals surface area contributed by atoms with Crippen LogP contribution >= 0.6 is 0 Å². The molecule has 2 amide bonds. The number of rotatable bonds is 4. The Hall–Kier alpha value is -1.88. The fraction of sp³-hybridized carbons (Fsp3) is 0.500. The Balaban J connectivity index is 1.87. The summed E-state index contributed by atoms with van der Waals surface area (Å²) in [5, 5.41) is 9.08. The Kier molecular flexibility index (Phi) is 5.33. The monoisotopic (exact) mass is 289 g/mol. The number of nitrogens with one attached hydrogen (secondary N) is 3. The van der Waals surface area contributed by atoms with Gasteiger partial charge in [-0.1, -0.05) is 12.1 Å². The summed E-state index contributed by atoms with van der Waals surface area (Å²) in [4.78, 5) is 23.2. The van der Waals surface area contributed by atoms with Crippen LogP contribution in [0.3, 0.4) is 0 Å². The molecule has 0 saturated carbocycles. The quantitative estimate of drug-likeness (QED) is 0.789. The molecule has 5 nitrogen and oxygen atoms in total. The van der Waals surface area contributed by atoms with E-state index in [1.54, 1.807) is 0 Å². The lowest BCUT2D eigenvalue weighted by Crippen LogP contribution is -2.42. The van der Waals surface area contributed by atoms with Crippen LogP contribution in [0.1, 0.15) is 32.3 Å². The van der Waals surface area contributed by atoms with Crippen molar-refractivity contribution in [2.24, 2.45) is 5.92 Å². The highest BCUT2D eigenvalue weighted by Crippen LogP contribution is 2.16. The van der Waals surface area contributed by atoms with Crippen LogP contribution in [0.5, 0.6) is 0 Å². The van der Waals surface area contributed by atoms with E-state index in [1.807, 2.05) is 24.3 Å². The number of piperidine rings is 1. The van der Waals surface area contributed by atoms with Gasteiger partial charge in [0.2, 0.25) is 11.8 Å². The zero-order valence-electron chi connectivity index (χ0n) is 12.6. The molecule has 1 heterocycles. The van der Waals surface area contributed by atoms with Crippen LogP contribution in [0, 0.1) is 5.92 Å². The third-order valence-corrected chi connectivity index (χ3v) is 3.71. The summed E-state index contributed by atoms with van der Waals surface area (Å²) in [6.45, 7) is 4.98. The van der Waals surface area contributed by atoms with Crippen molar-refractivity contribution in [3.63, 3.8) is 0 Å². The number of hydrogen-bond acceptors (Lipinski definition) is 3. The minimum Gasteiger partial charge on any atom is -0.352 e. The molecule has 1 aliphatic rings. The second-order valence-electron chi connectivity index (χ2n) is 5.68. The molecule has 3 N–H and O–H groups in total. The average molecular weight is 289 g/mol. The topological polar surface area (TPSA) is 70.2 Å². The van der Waals surface area contributed by atoms with Crippen LogP contribution < -0.4 is 16.0 Å². The van der Waals surface area contributed by atoms with Crippen molar-refractivity contribution in [3.05, 3.63) is 29.8 Å². The Morgan fingerprint density at radius 2 is 2.19 bits per heavy atom. The van der Waals surface area contributed by atoms with E-state index in [0.717, 1.165) is 30.6 Å². The molecule has 2 atom stereocenters.